The summed E-state index contributed by atoms with van der Waals surface area (Å²) >= 11 is 0. The average Bonchev–Trinajstić information content (AvgIpc) is 2.15. The van der Waals surface area contributed by atoms with Gasteiger partial charge in [-0.1, -0.05) is 13.8 Å². The molecule has 0 aliphatic carbocycles. The van der Waals surface area contributed by atoms with Crippen LogP contribution in [0.1, 0.15) is 41.0 Å². The Hall–Kier alpha value is -0.610. The van der Waals surface area contributed by atoms with Crippen LogP contribution in [-0.4, -0.2) is 37.9 Å². The van der Waals surface area contributed by atoms with E-state index in [1.54, 1.807) is 0 Å². The van der Waals surface area contributed by atoms with E-state index in [1.807, 2.05) is 13.8 Å². The molecule has 1 N–H and O–H groups in total. The highest BCUT2D eigenvalue weighted by Crippen LogP contribution is 2.11. The lowest BCUT2D eigenvalue weighted by Gasteiger charge is -2.25. The fraction of sp³-hybridized carbons (Fsp3) is 0.923. The van der Waals surface area contributed by atoms with Gasteiger partial charge in [-0.2, -0.15) is 0 Å². The second-order valence-electron chi connectivity index (χ2n) is 5.33. The number of hydrogen-bond acceptors (Lipinski definition) is 3. The van der Waals surface area contributed by atoms with Crippen molar-refractivity contribution < 1.29 is 14.3 Å². The van der Waals surface area contributed by atoms with E-state index in [9.17, 15) is 4.79 Å². The van der Waals surface area contributed by atoms with E-state index in [0.717, 1.165) is 13.0 Å². The van der Waals surface area contributed by atoms with Crippen LogP contribution in [0.3, 0.4) is 0 Å². The molecule has 0 heterocycles. The monoisotopic (exact) mass is 245 g/mol. The first-order chi connectivity index (χ1) is 7.83. The molecule has 0 spiro atoms. The largest absolute Gasteiger partial charge is 0.377 e. The molecule has 0 saturated heterocycles. The molecule has 0 aromatic heterocycles. The number of carbonyl (C=O) groups is 1. The van der Waals surface area contributed by atoms with E-state index in [0.29, 0.717) is 25.7 Å². The van der Waals surface area contributed by atoms with Gasteiger partial charge in [0.2, 0.25) is 5.91 Å². The maximum Gasteiger partial charge on any atom is 0.216 e. The van der Waals surface area contributed by atoms with Crippen LogP contribution in [-0.2, 0) is 14.3 Å². The number of amides is 1. The maximum atomic E-state index is 10.6. The lowest BCUT2D eigenvalue weighted by Crippen LogP contribution is -2.33. The van der Waals surface area contributed by atoms with Crippen molar-refractivity contribution in [1.29, 1.82) is 0 Å². The topological polar surface area (TPSA) is 47.6 Å². The van der Waals surface area contributed by atoms with Crippen LogP contribution in [0.25, 0.3) is 0 Å². The van der Waals surface area contributed by atoms with E-state index in [1.165, 1.54) is 6.92 Å². The third kappa shape index (κ3) is 11.6. The minimum atomic E-state index is -0.259. The van der Waals surface area contributed by atoms with Crippen LogP contribution in [0.15, 0.2) is 0 Å². The van der Waals surface area contributed by atoms with Gasteiger partial charge in [0.25, 0.3) is 0 Å². The van der Waals surface area contributed by atoms with Gasteiger partial charge in [0.1, 0.15) is 0 Å². The smallest absolute Gasteiger partial charge is 0.216 e. The molecule has 17 heavy (non-hydrogen) atoms. The Bertz CT molecular complexity index is 215. The second-order valence-corrected chi connectivity index (χ2v) is 5.33. The summed E-state index contributed by atoms with van der Waals surface area (Å²) in [4.78, 5) is 10.6. The van der Waals surface area contributed by atoms with Gasteiger partial charge in [0, 0.05) is 20.1 Å². The summed E-state index contributed by atoms with van der Waals surface area (Å²) in [5, 5.41) is 2.69. The summed E-state index contributed by atoms with van der Waals surface area (Å²) in [6.45, 7) is 12.3. The van der Waals surface area contributed by atoms with E-state index in [-0.39, 0.29) is 11.5 Å². The molecular formula is C13H27NO3. The number of nitrogens with one attached hydrogen (secondary N) is 1. The number of carbonyl (C=O) groups excluding carboxylic acids is 1. The lowest BCUT2D eigenvalue weighted by molar-refractivity contribution is -0.119. The van der Waals surface area contributed by atoms with Crippen LogP contribution in [0.2, 0.25) is 0 Å². The van der Waals surface area contributed by atoms with Gasteiger partial charge in [0.05, 0.1) is 18.8 Å². The highest BCUT2D eigenvalue weighted by molar-refractivity contribution is 5.72. The van der Waals surface area contributed by atoms with E-state index in [4.69, 9.17) is 9.47 Å². The van der Waals surface area contributed by atoms with Gasteiger partial charge in [-0.3, -0.25) is 4.79 Å². The SMILES string of the molecule is CC(=O)NCCOCC(C)(C)OCCC(C)C. The quantitative estimate of drug-likeness (QED) is 0.632. The number of rotatable bonds is 9. The Balaban J connectivity index is 3.53. The molecule has 0 bridgehead atoms. The Labute approximate surface area is 105 Å². The first kappa shape index (κ1) is 16.4. The zero-order valence-corrected chi connectivity index (χ0v) is 11.8. The van der Waals surface area contributed by atoms with Gasteiger partial charge in [-0.05, 0) is 26.2 Å². The molecule has 0 aliphatic heterocycles. The fourth-order valence-corrected chi connectivity index (χ4v) is 1.23. The molecule has 0 aliphatic rings. The van der Waals surface area contributed by atoms with Crippen molar-refractivity contribution in [2.45, 2.75) is 46.6 Å². The summed E-state index contributed by atoms with van der Waals surface area (Å²) in [5.74, 6) is 0.632. The molecule has 4 nitrogen and oxygen atoms in total. The van der Waals surface area contributed by atoms with Gasteiger partial charge < -0.3 is 14.8 Å². The highest BCUT2D eigenvalue weighted by Gasteiger charge is 2.18. The molecule has 0 aromatic carbocycles. The normalized spacial score (nSPS) is 11.9. The predicted octanol–water partition coefficient (Wildman–Crippen LogP) is 1.98. The standard InChI is InChI=1S/C13H27NO3/c1-11(2)6-8-17-13(4,5)10-16-9-7-14-12(3)15/h11H,6-10H2,1-5H3,(H,14,15). The molecule has 0 fully saturated rings. The van der Waals surface area contributed by atoms with Crippen molar-refractivity contribution in [3.8, 4) is 0 Å². The number of ether oxygens (including phenoxy) is 2. The Kier molecular flexibility index (Phi) is 8.17. The minimum absolute atomic E-state index is 0.0268. The Morgan fingerprint density at radius 2 is 1.94 bits per heavy atom. The zero-order chi connectivity index (χ0) is 13.3. The van der Waals surface area contributed by atoms with Gasteiger partial charge in [0.15, 0.2) is 0 Å². The summed E-state index contributed by atoms with van der Waals surface area (Å²) in [6.07, 6.45) is 1.06. The van der Waals surface area contributed by atoms with Crippen molar-refractivity contribution in [2.75, 3.05) is 26.4 Å². The van der Waals surface area contributed by atoms with Crippen LogP contribution >= 0.6 is 0 Å². The lowest BCUT2D eigenvalue weighted by atomic mass is 10.1. The predicted molar refractivity (Wildman–Crippen MR) is 69.0 cm³/mol. The summed E-state index contributed by atoms with van der Waals surface area (Å²) < 4.78 is 11.2. The summed E-state index contributed by atoms with van der Waals surface area (Å²) in [7, 11) is 0. The first-order valence-electron chi connectivity index (χ1n) is 6.29. The third-order valence-electron chi connectivity index (χ3n) is 2.26. The van der Waals surface area contributed by atoms with Crippen molar-refractivity contribution in [2.24, 2.45) is 5.92 Å². The Morgan fingerprint density at radius 3 is 2.47 bits per heavy atom. The molecule has 0 unspecified atom stereocenters. The van der Waals surface area contributed by atoms with Gasteiger partial charge in [-0.25, -0.2) is 0 Å². The van der Waals surface area contributed by atoms with Gasteiger partial charge >= 0.3 is 0 Å². The van der Waals surface area contributed by atoms with E-state index in [2.05, 4.69) is 19.2 Å². The maximum absolute atomic E-state index is 10.6. The van der Waals surface area contributed by atoms with Crippen LogP contribution in [0.5, 0.6) is 0 Å². The molecule has 0 aromatic rings. The molecule has 0 atom stereocenters. The van der Waals surface area contributed by atoms with Crippen molar-refractivity contribution >= 4 is 5.91 Å². The Morgan fingerprint density at radius 1 is 1.29 bits per heavy atom. The molecule has 102 valence electrons. The van der Waals surface area contributed by atoms with Crippen LogP contribution in [0, 0.1) is 5.92 Å². The summed E-state index contributed by atoms with van der Waals surface area (Å²) in [6, 6.07) is 0. The van der Waals surface area contributed by atoms with E-state index >= 15 is 0 Å². The third-order valence-corrected chi connectivity index (χ3v) is 2.26. The molecule has 4 heteroatoms. The first-order valence-corrected chi connectivity index (χ1v) is 6.29. The molecule has 0 saturated carbocycles. The average molecular weight is 245 g/mol. The molecule has 0 radical (unpaired) electrons. The second kappa shape index (κ2) is 8.48. The van der Waals surface area contributed by atoms with Crippen molar-refractivity contribution in [3.63, 3.8) is 0 Å². The molecular weight excluding hydrogens is 218 g/mol. The van der Waals surface area contributed by atoms with Crippen LogP contribution in [0.4, 0.5) is 0 Å². The van der Waals surface area contributed by atoms with E-state index < -0.39 is 0 Å². The molecule has 0 rings (SSSR count). The molecule has 1 amide bonds. The van der Waals surface area contributed by atoms with Crippen LogP contribution < -0.4 is 5.32 Å². The number of hydrogen-bond donors (Lipinski definition) is 1. The van der Waals surface area contributed by atoms with Crippen molar-refractivity contribution in [1.82, 2.24) is 5.32 Å². The fourth-order valence-electron chi connectivity index (χ4n) is 1.23. The summed E-state index contributed by atoms with van der Waals surface area (Å²) in [5.41, 5.74) is -0.259. The highest BCUT2D eigenvalue weighted by atomic mass is 16.5. The minimum Gasteiger partial charge on any atom is -0.377 e. The zero-order valence-electron chi connectivity index (χ0n) is 11.8. The van der Waals surface area contributed by atoms with Gasteiger partial charge in [-0.15, -0.1) is 0 Å². The van der Waals surface area contributed by atoms with Crippen molar-refractivity contribution in [3.05, 3.63) is 0 Å².